The first-order valence-electron chi connectivity index (χ1n) is 9.55. The summed E-state index contributed by atoms with van der Waals surface area (Å²) in [4.78, 5) is 24.3. The summed E-state index contributed by atoms with van der Waals surface area (Å²) >= 11 is 12.6. The molecule has 0 aliphatic rings. The van der Waals surface area contributed by atoms with Gasteiger partial charge in [0.1, 0.15) is 11.5 Å². The van der Waals surface area contributed by atoms with Crippen molar-refractivity contribution < 1.29 is 19.1 Å². The maximum Gasteiger partial charge on any atom is 0.276 e. The minimum atomic E-state index is -0.514. The summed E-state index contributed by atoms with van der Waals surface area (Å²) in [5, 5.41) is 0.541. The lowest BCUT2D eigenvalue weighted by Crippen LogP contribution is -2.43. The molecule has 0 saturated carbocycles. The average Bonchev–Trinajstić information content (AvgIpc) is 2.78. The van der Waals surface area contributed by atoms with Gasteiger partial charge in [0.15, 0.2) is 6.61 Å². The summed E-state index contributed by atoms with van der Waals surface area (Å²) in [5.41, 5.74) is 6.21. The van der Waals surface area contributed by atoms with E-state index in [1.165, 1.54) is 5.56 Å². The molecule has 0 aliphatic heterocycles. The summed E-state index contributed by atoms with van der Waals surface area (Å²) in [5.74, 6) is 0.105. The third kappa shape index (κ3) is 7.25. The van der Waals surface area contributed by atoms with Gasteiger partial charge < -0.3 is 9.47 Å². The molecule has 0 aromatic heterocycles. The predicted octanol–water partition coefficient (Wildman–Crippen LogP) is 5.33. The Hall–Kier alpha value is -2.55. The molecule has 0 spiro atoms. The van der Waals surface area contributed by atoms with E-state index in [1.54, 1.807) is 36.4 Å². The molecule has 2 N–H and O–H groups in total. The van der Waals surface area contributed by atoms with Gasteiger partial charge in [-0.15, -0.1) is 0 Å². The van der Waals surface area contributed by atoms with Crippen LogP contribution in [0.4, 0.5) is 0 Å². The zero-order valence-electron chi connectivity index (χ0n) is 16.7. The maximum atomic E-state index is 12.3. The molecule has 166 valence electrons. The SMILES string of the molecule is O=C(COc1ccc(Cl)cc1Br)NNC(=O)c1ccc(OCCc2ccccc2)c(Br)c1. The third-order valence-electron chi connectivity index (χ3n) is 4.25. The second kappa shape index (κ2) is 11.9. The summed E-state index contributed by atoms with van der Waals surface area (Å²) in [6.07, 6.45) is 0.774. The molecule has 0 heterocycles. The molecule has 0 saturated heterocycles. The number of hydrogen-bond acceptors (Lipinski definition) is 4. The number of hydrazine groups is 1. The Labute approximate surface area is 207 Å². The molecule has 9 heteroatoms. The van der Waals surface area contributed by atoms with E-state index in [-0.39, 0.29) is 6.61 Å². The normalized spacial score (nSPS) is 10.3. The molecular weight excluding hydrogens is 564 g/mol. The summed E-state index contributed by atoms with van der Waals surface area (Å²) in [7, 11) is 0. The Balaban J connectivity index is 1.45. The molecule has 0 aliphatic carbocycles. The molecule has 3 rings (SSSR count). The van der Waals surface area contributed by atoms with Crippen molar-refractivity contribution in [3.8, 4) is 11.5 Å². The van der Waals surface area contributed by atoms with Gasteiger partial charge in [0, 0.05) is 17.0 Å². The highest BCUT2D eigenvalue weighted by Gasteiger charge is 2.12. The largest absolute Gasteiger partial charge is 0.492 e. The third-order valence-corrected chi connectivity index (χ3v) is 5.73. The number of nitrogens with one attached hydrogen (secondary N) is 2. The second-order valence-corrected chi connectivity index (χ2v) is 8.74. The summed E-state index contributed by atoms with van der Waals surface area (Å²) in [6, 6.07) is 19.9. The van der Waals surface area contributed by atoms with E-state index < -0.39 is 11.8 Å². The maximum absolute atomic E-state index is 12.3. The standard InChI is InChI=1S/C23H19Br2ClN2O4/c24-18-12-16(6-8-20(18)31-11-10-15-4-2-1-3-5-15)23(30)28-27-22(29)14-32-21-9-7-17(26)13-19(21)25/h1-9,12-13H,10-11,14H2,(H,27,29)(H,28,30). The van der Waals surface area contributed by atoms with Gasteiger partial charge in [-0.25, -0.2) is 0 Å². The van der Waals surface area contributed by atoms with Crippen LogP contribution < -0.4 is 20.3 Å². The average molecular weight is 583 g/mol. The van der Waals surface area contributed by atoms with E-state index in [4.69, 9.17) is 21.1 Å². The van der Waals surface area contributed by atoms with Gasteiger partial charge in [0.2, 0.25) is 0 Å². The highest BCUT2D eigenvalue weighted by Crippen LogP contribution is 2.28. The first-order valence-corrected chi connectivity index (χ1v) is 11.5. The number of halogens is 3. The predicted molar refractivity (Wildman–Crippen MR) is 130 cm³/mol. The van der Waals surface area contributed by atoms with Crippen LogP contribution in [0, 0.1) is 0 Å². The van der Waals surface area contributed by atoms with Crippen molar-refractivity contribution in [3.63, 3.8) is 0 Å². The van der Waals surface area contributed by atoms with Crippen molar-refractivity contribution in [2.75, 3.05) is 13.2 Å². The molecule has 6 nitrogen and oxygen atoms in total. The van der Waals surface area contributed by atoms with Crippen LogP contribution in [0.15, 0.2) is 75.7 Å². The van der Waals surface area contributed by atoms with Gasteiger partial charge in [-0.3, -0.25) is 20.4 Å². The zero-order valence-corrected chi connectivity index (χ0v) is 20.7. The highest BCUT2D eigenvalue weighted by atomic mass is 79.9. The van der Waals surface area contributed by atoms with Gasteiger partial charge >= 0.3 is 0 Å². The fraction of sp³-hybridized carbons (Fsp3) is 0.130. The number of benzene rings is 3. The Morgan fingerprint density at radius 2 is 1.53 bits per heavy atom. The lowest BCUT2D eigenvalue weighted by molar-refractivity contribution is -0.123. The minimum Gasteiger partial charge on any atom is -0.492 e. The first-order chi connectivity index (χ1) is 15.4. The first kappa shape index (κ1) is 24.1. The Kier molecular flexibility index (Phi) is 8.96. The quantitative estimate of drug-likeness (QED) is 0.353. The molecule has 32 heavy (non-hydrogen) atoms. The molecule has 2 amide bonds. The van der Waals surface area contributed by atoms with E-state index in [0.29, 0.717) is 37.6 Å². The second-order valence-electron chi connectivity index (χ2n) is 6.59. The van der Waals surface area contributed by atoms with E-state index in [2.05, 4.69) is 42.7 Å². The van der Waals surface area contributed by atoms with E-state index >= 15 is 0 Å². The van der Waals surface area contributed by atoms with E-state index in [1.807, 2.05) is 30.3 Å². The number of carbonyl (C=O) groups excluding carboxylic acids is 2. The Bertz CT molecular complexity index is 1100. The van der Waals surface area contributed by atoms with Crippen LogP contribution in [-0.4, -0.2) is 25.0 Å². The number of hydrogen-bond donors (Lipinski definition) is 2. The van der Waals surface area contributed by atoms with Crippen molar-refractivity contribution in [1.29, 1.82) is 0 Å². The van der Waals surface area contributed by atoms with Gasteiger partial charge in [-0.1, -0.05) is 41.9 Å². The van der Waals surface area contributed by atoms with E-state index in [9.17, 15) is 9.59 Å². The smallest absolute Gasteiger partial charge is 0.276 e. The van der Waals surface area contributed by atoms with Crippen LogP contribution >= 0.6 is 43.5 Å². The van der Waals surface area contributed by atoms with Crippen LogP contribution in [0.2, 0.25) is 5.02 Å². The van der Waals surface area contributed by atoms with Crippen LogP contribution in [0.5, 0.6) is 11.5 Å². The zero-order chi connectivity index (χ0) is 22.9. The van der Waals surface area contributed by atoms with Crippen molar-refractivity contribution >= 4 is 55.3 Å². The van der Waals surface area contributed by atoms with Crippen LogP contribution in [0.3, 0.4) is 0 Å². The van der Waals surface area contributed by atoms with E-state index in [0.717, 1.165) is 6.42 Å². The molecule has 0 unspecified atom stereocenters. The topological polar surface area (TPSA) is 76.7 Å². The van der Waals surface area contributed by atoms with Gasteiger partial charge in [-0.05, 0) is 73.8 Å². The van der Waals surface area contributed by atoms with Crippen LogP contribution in [-0.2, 0) is 11.2 Å². The molecule has 3 aromatic rings. The number of rotatable bonds is 8. The van der Waals surface area contributed by atoms with Crippen molar-refractivity contribution in [2.24, 2.45) is 0 Å². The summed E-state index contributed by atoms with van der Waals surface area (Å²) in [6.45, 7) is 0.229. The molecule has 0 radical (unpaired) electrons. The molecule has 0 atom stereocenters. The van der Waals surface area contributed by atoms with Gasteiger partial charge in [0.05, 0.1) is 15.6 Å². The molecular formula is C23H19Br2ClN2O4. The van der Waals surface area contributed by atoms with Crippen LogP contribution in [0.1, 0.15) is 15.9 Å². The lowest BCUT2D eigenvalue weighted by atomic mass is 10.2. The molecule has 0 bridgehead atoms. The van der Waals surface area contributed by atoms with Crippen LogP contribution in [0.25, 0.3) is 0 Å². The highest BCUT2D eigenvalue weighted by molar-refractivity contribution is 9.10. The Morgan fingerprint density at radius 3 is 2.25 bits per heavy atom. The molecule has 3 aromatic carbocycles. The lowest BCUT2D eigenvalue weighted by Gasteiger charge is -2.12. The number of amides is 2. The minimum absolute atomic E-state index is 0.279. The van der Waals surface area contributed by atoms with Gasteiger partial charge in [-0.2, -0.15) is 0 Å². The van der Waals surface area contributed by atoms with Crippen molar-refractivity contribution in [1.82, 2.24) is 10.9 Å². The fourth-order valence-corrected chi connectivity index (χ4v) is 3.94. The number of carbonyl (C=O) groups is 2. The monoisotopic (exact) mass is 580 g/mol. The fourth-order valence-electron chi connectivity index (χ4n) is 2.65. The van der Waals surface area contributed by atoms with Crippen molar-refractivity contribution in [2.45, 2.75) is 6.42 Å². The summed E-state index contributed by atoms with van der Waals surface area (Å²) < 4.78 is 12.5. The number of ether oxygens (including phenoxy) is 2. The molecule has 0 fully saturated rings. The van der Waals surface area contributed by atoms with Gasteiger partial charge in [0.25, 0.3) is 11.8 Å². The Morgan fingerprint density at radius 1 is 0.844 bits per heavy atom. The van der Waals surface area contributed by atoms with Crippen molar-refractivity contribution in [3.05, 3.63) is 91.8 Å².